The van der Waals surface area contributed by atoms with Crippen LogP contribution in [0.25, 0.3) is 5.57 Å². The van der Waals surface area contributed by atoms with E-state index >= 15 is 0 Å². The molecule has 2 aliphatic carbocycles. The zero-order valence-electron chi connectivity index (χ0n) is 15.9. The Kier molecular flexibility index (Phi) is 3.68. The number of carbonyl (C=O) groups excluding carboxylic acids is 1. The molecule has 1 saturated carbocycles. The number of halogens is 1. The molecule has 3 aliphatic rings. The smallest absolute Gasteiger partial charge is 0.320 e. The van der Waals surface area contributed by atoms with E-state index in [0.29, 0.717) is 0 Å². The Morgan fingerprint density at radius 1 is 1.18 bits per heavy atom. The number of rotatable bonds is 3. The van der Waals surface area contributed by atoms with Crippen molar-refractivity contribution in [3.05, 3.63) is 71.0 Å². The lowest BCUT2D eigenvalue weighted by molar-refractivity contribution is -0.146. The first kappa shape index (κ1) is 17.4. The molecule has 2 aromatic rings. The minimum Gasteiger partial charge on any atom is -0.488 e. The van der Waals surface area contributed by atoms with E-state index in [4.69, 9.17) is 14.2 Å². The van der Waals surface area contributed by atoms with Crippen LogP contribution in [0.3, 0.4) is 0 Å². The van der Waals surface area contributed by atoms with Gasteiger partial charge in [-0.15, -0.1) is 0 Å². The van der Waals surface area contributed by atoms with E-state index in [1.165, 1.54) is 19.2 Å². The van der Waals surface area contributed by atoms with Gasteiger partial charge in [-0.25, -0.2) is 4.39 Å². The van der Waals surface area contributed by atoms with Crippen LogP contribution in [0, 0.1) is 17.2 Å². The second-order valence-corrected chi connectivity index (χ2v) is 7.75. The van der Waals surface area contributed by atoms with Crippen molar-refractivity contribution in [2.24, 2.45) is 11.3 Å². The maximum absolute atomic E-state index is 13.8. The minimum atomic E-state index is -0.860. The number of para-hydroxylation sites is 1. The summed E-state index contributed by atoms with van der Waals surface area (Å²) in [5, 5.41) is 0. The average molecular weight is 380 g/mol. The van der Waals surface area contributed by atoms with Crippen LogP contribution in [0.2, 0.25) is 0 Å². The summed E-state index contributed by atoms with van der Waals surface area (Å²) in [6, 6.07) is 12.5. The fourth-order valence-electron chi connectivity index (χ4n) is 5.10. The molecule has 4 nitrogen and oxygen atoms in total. The van der Waals surface area contributed by atoms with Gasteiger partial charge in [-0.05, 0) is 34.9 Å². The number of hydrogen-bond donors (Lipinski definition) is 0. The first-order chi connectivity index (χ1) is 13.5. The second kappa shape index (κ2) is 5.92. The fourth-order valence-corrected chi connectivity index (χ4v) is 5.10. The van der Waals surface area contributed by atoms with E-state index in [1.54, 1.807) is 13.2 Å². The van der Waals surface area contributed by atoms with Crippen LogP contribution in [-0.2, 0) is 14.3 Å². The summed E-state index contributed by atoms with van der Waals surface area (Å²) in [6.07, 6.45) is 1.46. The minimum absolute atomic E-state index is 0.0140. The third-order valence-corrected chi connectivity index (χ3v) is 6.45. The van der Waals surface area contributed by atoms with E-state index in [2.05, 4.69) is 0 Å². The predicted octanol–water partition coefficient (Wildman–Crippen LogP) is 4.26. The van der Waals surface area contributed by atoms with Gasteiger partial charge in [0.15, 0.2) is 0 Å². The Balaban J connectivity index is 1.64. The van der Waals surface area contributed by atoms with Crippen molar-refractivity contribution in [3.8, 4) is 5.75 Å². The number of methoxy groups -OCH3 is 2. The summed E-state index contributed by atoms with van der Waals surface area (Å²) < 4.78 is 30.8. The molecule has 0 amide bonds. The number of carbonyl (C=O) groups is 1. The molecular weight excluding hydrogens is 359 g/mol. The van der Waals surface area contributed by atoms with Gasteiger partial charge in [-0.2, -0.15) is 0 Å². The van der Waals surface area contributed by atoms with Crippen molar-refractivity contribution >= 4 is 11.5 Å². The quantitative estimate of drug-likeness (QED) is 0.747. The van der Waals surface area contributed by atoms with Gasteiger partial charge >= 0.3 is 5.97 Å². The molecule has 2 aromatic carbocycles. The molecule has 0 bridgehead atoms. The van der Waals surface area contributed by atoms with Gasteiger partial charge in [-0.1, -0.05) is 37.3 Å². The zero-order valence-corrected chi connectivity index (χ0v) is 15.9. The summed E-state index contributed by atoms with van der Waals surface area (Å²) in [4.78, 5) is 12.9. The highest BCUT2D eigenvalue weighted by molar-refractivity contribution is 5.92. The third kappa shape index (κ3) is 2.11. The van der Waals surface area contributed by atoms with Crippen LogP contribution in [0.1, 0.15) is 35.6 Å². The van der Waals surface area contributed by atoms with Crippen molar-refractivity contribution in [1.29, 1.82) is 0 Å². The normalized spacial score (nSPS) is 33.1. The third-order valence-electron chi connectivity index (χ3n) is 6.45. The molecular formula is C23H21FO4. The molecule has 0 saturated heterocycles. The van der Waals surface area contributed by atoms with E-state index in [0.717, 1.165) is 28.0 Å². The molecule has 144 valence electrons. The SMILES string of the molecule is COC(=O)[C@@]1(C=C2c3ccc(F)cc3[C@@H](OC)[C@@H]2C)[C@@H]2Oc3ccccc3[C@@H]21. The molecule has 0 radical (unpaired) electrons. The van der Waals surface area contributed by atoms with Crippen molar-refractivity contribution < 1.29 is 23.4 Å². The summed E-state index contributed by atoms with van der Waals surface area (Å²) in [5.41, 5.74) is 2.88. The number of hydrogen-bond acceptors (Lipinski definition) is 4. The number of esters is 1. The molecule has 0 N–H and O–H groups in total. The van der Waals surface area contributed by atoms with Gasteiger partial charge in [-0.3, -0.25) is 4.79 Å². The van der Waals surface area contributed by atoms with Gasteiger partial charge < -0.3 is 14.2 Å². The summed E-state index contributed by atoms with van der Waals surface area (Å²) in [6.45, 7) is 2.04. The lowest BCUT2D eigenvalue weighted by atomic mass is 9.90. The predicted molar refractivity (Wildman–Crippen MR) is 101 cm³/mol. The van der Waals surface area contributed by atoms with Crippen LogP contribution < -0.4 is 4.74 Å². The summed E-state index contributed by atoms with van der Waals surface area (Å²) in [5.74, 6) is 0.145. The first-order valence-electron chi connectivity index (χ1n) is 9.42. The van der Waals surface area contributed by atoms with Crippen LogP contribution >= 0.6 is 0 Å². The van der Waals surface area contributed by atoms with Gasteiger partial charge in [0.2, 0.25) is 0 Å². The topological polar surface area (TPSA) is 44.8 Å². The Morgan fingerprint density at radius 2 is 1.96 bits per heavy atom. The standard InChI is InChI=1S/C23H21FO4/c1-12-17(14-9-8-13(24)10-16(14)20(12)26-2)11-23(22(25)27-3)19-15-6-4-5-7-18(15)28-21(19)23/h4-12,19-21H,1-3H3/t12-,19+,20+,21-,23-/m1/s1. The summed E-state index contributed by atoms with van der Waals surface area (Å²) >= 11 is 0. The van der Waals surface area contributed by atoms with Crippen molar-refractivity contribution in [2.45, 2.75) is 25.0 Å². The second-order valence-electron chi connectivity index (χ2n) is 7.75. The molecule has 0 unspecified atom stereocenters. The van der Waals surface area contributed by atoms with Gasteiger partial charge in [0.1, 0.15) is 23.1 Å². The first-order valence-corrected chi connectivity index (χ1v) is 9.42. The van der Waals surface area contributed by atoms with Crippen LogP contribution in [-0.4, -0.2) is 26.3 Å². The number of ether oxygens (including phenoxy) is 3. The Morgan fingerprint density at radius 3 is 2.71 bits per heavy atom. The molecule has 28 heavy (non-hydrogen) atoms. The molecule has 1 aliphatic heterocycles. The molecule has 5 heteroatoms. The Bertz CT molecular complexity index is 1010. The average Bonchev–Trinajstić information content (AvgIpc) is 3.01. The lowest BCUT2D eigenvalue weighted by Crippen LogP contribution is -2.24. The van der Waals surface area contributed by atoms with Crippen LogP contribution in [0.4, 0.5) is 4.39 Å². The Hall–Kier alpha value is -2.66. The molecule has 0 spiro atoms. The van der Waals surface area contributed by atoms with Crippen molar-refractivity contribution in [1.82, 2.24) is 0 Å². The monoisotopic (exact) mass is 380 g/mol. The van der Waals surface area contributed by atoms with E-state index in [-0.39, 0.29) is 35.8 Å². The van der Waals surface area contributed by atoms with E-state index in [1.807, 2.05) is 37.3 Å². The zero-order chi connectivity index (χ0) is 19.6. The van der Waals surface area contributed by atoms with Gasteiger partial charge in [0.05, 0.1) is 13.2 Å². The summed E-state index contributed by atoms with van der Waals surface area (Å²) in [7, 11) is 3.03. The van der Waals surface area contributed by atoms with Crippen LogP contribution in [0.15, 0.2) is 48.5 Å². The fraction of sp³-hybridized carbons (Fsp3) is 0.348. The van der Waals surface area contributed by atoms with Crippen molar-refractivity contribution in [2.75, 3.05) is 14.2 Å². The van der Waals surface area contributed by atoms with E-state index < -0.39 is 5.41 Å². The largest absolute Gasteiger partial charge is 0.488 e. The van der Waals surface area contributed by atoms with Crippen molar-refractivity contribution in [3.63, 3.8) is 0 Å². The van der Waals surface area contributed by atoms with Gasteiger partial charge in [0, 0.05) is 24.5 Å². The van der Waals surface area contributed by atoms with Crippen LogP contribution in [0.5, 0.6) is 5.75 Å². The number of fused-ring (bicyclic) bond motifs is 4. The Labute approximate surface area is 162 Å². The molecule has 1 heterocycles. The molecule has 1 fully saturated rings. The highest BCUT2D eigenvalue weighted by Crippen LogP contribution is 2.69. The highest BCUT2D eigenvalue weighted by atomic mass is 19.1. The van der Waals surface area contributed by atoms with Gasteiger partial charge in [0.25, 0.3) is 0 Å². The maximum atomic E-state index is 13.8. The molecule has 0 aromatic heterocycles. The number of benzene rings is 2. The maximum Gasteiger partial charge on any atom is 0.320 e. The van der Waals surface area contributed by atoms with E-state index in [9.17, 15) is 9.18 Å². The molecule has 5 atom stereocenters. The molecule has 5 rings (SSSR count). The highest BCUT2D eigenvalue weighted by Gasteiger charge is 2.75. The lowest BCUT2D eigenvalue weighted by Gasteiger charge is -2.19.